The molecular weight excluding hydrogens is 358 g/mol. The first kappa shape index (κ1) is 20.7. The monoisotopic (exact) mass is 393 g/mol. The highest BCUT2D eigenvalue weighted by atomic mass is 32.2. The minimum absolute atomic E-state index is 0.320. The second-order valence-corrected chi connectivity index (χ2v) is 11.6. The molecule has 3 rings (SSSR count). The van der Waals surface area contributed by atoms with Gasteiger partial charge in [0, 0.05) is 25.0 Å². The summed E-state index contributed by atoms with van der Waals surface area (Å²) in [6.45, 7) is 13.6. The van der Waals surface area contributed by atoms with E-state index in [4.69, 9.17) is 0 Å². The van der Waals surface area contributed by atoms with E-state index in [-0.39, 0.29) is 0 Å². The minimum Gasteiger partial charge on any atom is -0.303 e. The molecule has 2 aliphatic heterocycles. The molecule has 0 N–H and O–H groups in total. The van der Waals surface area contributed by atoms with E-state index >= 15 is 0 Å². The van der Waals surface area contributed by atoms with Gasteiger partial charge in [0.1, 0.15) is 4.90 Å². The second kappa shape index (κ2) is 7.80. The van der Waals surface area contributed by atoms with E-state index in [0.29, 0.717) is 28.8 Å². The van der Waals surface area contributed by atoms with E-state index in [1.54, 1.807) is 16.4 Å². The Labute approximate surface area is 165 Å². The van der Waals surface area contributed by atoms with Crippen molar-refractivity contribution in [1.29, 1.82) is 0 Å². The van der Waals surface area contributed by atoms with Crippen molar-refractivity contribution in [3.05, 3.63) is 24.0 Å². The van der Waals surface area contributed by atoms with Crippen molar-refractivity contribution < 1.29 is 8.42 Å². The Morgan fingerprint density at radius 2 is 1.63 bits per heavy atom. The Morgan fingerprint density at radius 3 is 2.15 bits per heavy atom. The lowest BCUT2D eigenvalue weighted by atomic mass is 9.71. The van der Waals surface area contributed by atoms with Gasteiger partial charge in [-0.1, -0.05) is 20.8 Å². The number of rotatable bonds is 4. The summed E-state index contributed by atoms with van der Waals surface area (Å²) in [6, 6.07) is 3.45. The quantitative estimate of drug-likeness (QED) is 0.783. The maximum Gasteiger partial charge on any atom is 0.244 e. The van der Waals surface area contributed by atoms with Crippen LogP contribution in [0.5, 0.6) is 0 Å². The second-order valence-electron chi connectivity index (χ2n) is 9.69. The van der Waals surface area contributed by atoms with E-state index in [1.165, 1.54) is 32.0 Å². The van der Waals surface area contributed by atoms with Crippen LogP contribution in [0.25, 0.3) is 0 Å². The molecule has 0 radical (unpaired) electrons. The van der Waals surface area contributed by atoms with Crippen LogP contribution in [0, 0.1) is 17.8 Å². The fourth-order valence-corrected chi connectivity index (χ4v) is 5.59. The third-order valence-corrected chi connectivity index (χ3v) is 8.28. The van der Waals surface area contributed by atoms with Gasteiger partial charge in [0.25, 0.3) is 0 Å². The molecule has 27 heavy (non-hydrogen) atoms. The normalized spacial score (nSPS) is 22.2. The highest BCUT2D eigenvalue weighted by molar-refractivity contribution is 7.89. The average molecular weight is 394 g/mol. The molecule has 3 heterocycles. The topological polar surface area (TPSA) is 53.5 Å². The molecule has 1 spiro atoms. The summed E-state index contributed by atoms with van der Waals surface area (Å²) in [4.78, 5) is 7.07. The van der Waals surface area contributed by atoms with Crippen molar-refractivity contribution in [2.75, 3.05) is 32.7 Å². The van der Waals surface area contributed by atoms with E-state index in [0.717, 1.165) is 31.6 Å². The largest absolute Gasteiger partial charge is 0.303 e. The fourth-order valence-electron chi connectivity index (χ4n) is 4.20. The predicted octanol–water partition coefficient (Wildman–Crippen LogP) is 3.69. The molecule has 2 fully saturated rings. The van der Waals surface area contributed by atoms with Crippen LogP contribution < -0.4 is 0 Å². The van der Waals surface area contributed by atoms with Crippen molar-refractivity contribution in [1.82, 2.24) is 14.2 Å². The molecular formula is C21H35N3O2S. The molecule has 6 heteroatoms. The van der Waals surface area contributed by atoms with Gasteiger partial charge in [0.2, 0.25) is 10.0 Å². The minimum atomic E-state index is -3.41. The maximum atomic E-state index is 12.9. The third kappa shape index (κ3) is 5.09. The standard InChI is InChI=1S/C21H35N3O2S/c1-18-5-6-19(17-22-18)27(25,26)24-15-10-21(11-16-24)8-13-23(14-9-21)12-7-20(2,3)4/h5-6,17H,7-16H2,1-4H3. The SMILES string of the molecule is Cc1ccc(S(=O)(=O)N2CCC3(CCN(CCC(C)(C)C)CC3)CC2)cn1. The molecule has 0 unspecified atom stereocenters. The van der Waals surface area contributed by atoms with Crippen molar-refractivity contribution in [3.63, 3.8) is 0 Å². The van der Waals surface area contributed by atoms with Crippen molar-refractivity contribution in [3.8, 4) is 0 Å². The van der Waals surface area contributed by atoms with Crippen molar-refractivity contribution >= 4 is 10.0 Å². The van der Waals surface area contributed by atoms with Gasteiger partial charge < -0.3 is 4.90 Å². The number of piperidine rings is 2. The lowest BCUT2D eigenvalue weighted by molar-refractivity contribution is 0.0518. The summed E-state index contributed by atoms with van der Waals surface area (Å²) in [5.74, 6) is 0. The summed E-state index contributed by atoms with van der Waals surface area (Å²) in [5, 5.41) is 0. The van der Waals surface area contributed by atoms with Crippen molar-refractivity contribution in [2.45, 2.75) is 64.7 Å². The summed E-state index contributed by atoms with van der Waals surface area (Å²) < 4.78 is 27.4. The number of likely N-dealkylation sites (tertiary alicyclic amines) is 1. The molecule has 0 amide bonds. The molecule has 0 aromatic carbocycles. The van der Waals surface area contributed by atoms with E-state index in [1.807, 2.05) is 6.92 Å². The smallest absolute Gasteiger partial charge is 0.244 e. The van der Waals surface area contributed by atoms with Crippen LogP contribution in [-0.2, 0) is 10.0 Å². The molecule has 5 nitrogen and oxygen atoms in total. The van der Waals surface area contributed by atoms with Crippen LogP contribution in [0.1, 0.15) is 58.6 Å². The summed E-state index contributed by atoms with van der Waals surface area (Å²) in [7, 11) is -3.41. The molecule has 2 saturated heterocycles. The van der Waals surface area contributed by atoms with E-state index in [9.17, 15) is 8.42 Å². The van der Waals surface area contributed by atoms with Crippen LogP contribution in [-0.4, -0.2) is 55.3 Å². The number of hydrogen-bond acceptors (Lipinski definition) is 4. The number of sulfonamides is 1. The van der Waals surface area contributed by atoms with Crippen LogP contribution in [0.15, 0.2) is 23.2 Å². The Balaban J connectivity index is 1.54. The van der Waals surface area contributed by atoms with Crippen LogP contribution in [0.3, 0.4) is 0 Å². The van der Waals surface area contributed by atoms with Gasteiger partial charge in [0.15, 0.2) is 0 Å². The lowest BCUT2D eigenvalue weighted by Gasteiger charge is -2.46. The Hall–Kier alpha value is -0.980. The van der Waals surface area contributed by atoms with Gasteiger partial charge in [-0.3, -0.25) is 4.98 Å². The molecule has 1 aromatic heterocycles. The van der Waals surface area contributed by atoms with Crippen LogP contribution >= 0.6 is 0 Å². The van der Waals surface area contributed by atoms with Crippen LogP contribution in [0.4, 0.5) is 0 Å². The zero-order valence-electron chi connectivity index (χ0n) is 17.4. The van der Waals surface area contributed by atoms with E-state index < -0.39 is 10.0 Å². The number of pyridine rings is 1. The Bertz CT molecular complexity index is 720. The molecule has 0 saturated carbocycles. The third-order valence-electron chi connectivity index (χ3n) is 6.40. The Kier molecular flexibility index (Phi) is 5.99. The molecule has 152 valence electrons. The average Bonchev–Trinajstić information content (AvgIpc) is 2.61. The van der Waals surface area contributed by atoms with Crippen LogP contribution in [0.2, 0.25) is 0 Å². The zero-order chi connectivity index (χ0) is 19.7. The summed E-state index contributed by atoms with van der Waals surface area (Å²) in [5.41, 5.74) is 1.57. The molecule has 0 atom stereocenters. The Morgan fingerprint density at radius 1 is 1.04 bits per heavy atom. The predicted molar refractivity (Wildman–Crippen MR) is 109 cm³/mol. The van der Waals surface area contributed by atoms with Gasteiger partial charge in [-0.2, -0.15) is 4.31 Å². The lowest BCUT2D eigenvalue weighted by Crippen LogP contribution is -2.48. The first-order valence-corrected chi connectivity index (χ1v) is 11.7. The van der Waals surface area contributed by atoms with E-state index in [2.05, 4.69) is 30.7 Å². The van der Waals surface area contributed by atoms with Gasteiger partial charge in [-0.25, -0.2) is 8.42 Å². The van der Waals surface area contributed by atoms with Gasteiger partial charge in [0.05, 0.1) is 0 Å². The number of aryl methyl sites for hydroxylation is 1. The van der Waals surface area contributed by atoms with Gasteiger partial charge >= 0.3 is 0 Å². The summed E-state index contributed by atoms with van der Waals surface area (Å²) >= 11 is 0. The first-order chi connectivity index (χ1) is 12.6. The van der Waals surface area contributed by atoms with Gasteiger partial charge in [-0.15, -0.1) is 0 Å². The molecule has 0 bridgehead atoms. The highest BCUT2D eigenvalue weighted by Crippen LogP contribution is 2.42. The zero-order valence-corrected chi connectivity index (χ0v) is 18.2. The fraction of sp³-hybridized carbons (Fsp3) is 0.762. The summed E-state index contributed by atoms with van der Waals surface area (Å²) in [6.07, 6.45) is 7.10. The van der Waals surface area contributed by atoms with Gasteiger partial charge in [-0.05, 0) is 81.6 Å². The first-order valence-electron chi connectivity index (χ1n) is 10.3. The number of aromatic nitrogens is 1. The molecule has 1 aromatic rings. The molecule has 2 aliphatic rings. The highest BCUT2D eigenvalue weighted by Gasteiger charge is 2.40. The number of hydrogen-bond donors (Lipinski definition) is 0. The molecule has 0 aliphatic carbocycles. The maximum absolute atomic E-state index is 12.9. The number of nitrogens with zero attached hydrogens (tertiary/aromatic N) is 3. The van der Waals surface area contributed by atoms with Crippen molar-refractivity contribution in [2.24, 2.45) is 10.8 Å².